The molecule has 8 heteroatoms. The summed E-state index contributed by atoms with van der Waals surface area (Å²) in [6.07, 6.45) is 0.952. The third-order valence-corrected chi connectivity index (χ3v) is 4.35. The summed E-state index contributed by atoms with van der Waals surface area (Å²) in [7, 11) is 0. The third kappa shape index (κ3) is 4.05. The minimum atomic E-state index is -1.14. The number of para-hydroxylation sites is 1. The van der Waals surface area contributed by atoms with Crippen LogP contribution in [0.2, 0.25) is 0 Å². The van der Waals surface area contributed by atoms with E-state index in [2.05, 4.69) is 16.1 Å². The first-order valence-corrected chi connectivity index (χ1v) is 8.42. The molecule has 7 nitrogen and oxygen atoms in total. The second-order valence-electron chi connectivity index (χ2n) is 6.43. The SMILES string of the molecule is CC1(CCc2ccccc2)NC(=O)N(NC(=O)Nc2ccccc2F)C1=O. The predicted molar refractivity (Wildman–Crippen MR) is 97.1 cm³/mol. The molecule has 1 fully saturated rings. The van der Waals surface area contributed by atoms with Gasteiger partial charge in [-0.25, -0.2) is 19.4 Å². The van der Waals surface area contributed by atoms with Gasteiger partial charge in [0.1, 0.15) is 11.4 Å². The molecule has 3 N–H and O–H groups in total. The molecule has 1 heterocycles. The molecule has 0 spiro atoms. The second kappa shape index (κ2) is 7.45. The Hall–Kier alpha value is -3.42. The highest BCUT2D eigenvalue weighted by molar-refractivity contribution is 6.08. The van der Waals surface area contributed by atoms with E-state index in [1.165, 1.54) is 18.2 Å². The Bertz CT molecular complexity index is 874. The van der Waals surface area contributed by atoms with Gasteiger partial charge in [0.25, 0.3) is 5.91 Å². The van der Waals surface area contributed by atoms with Gasteiger partial charge in [-0.05, 0) is 37.5 Å². The lowest BCUT2D eigenvalue weighted by Crippen LogP contribution is -2.50. The highest BCUT2D eigenvalue weighted by Crippen LogP contribution is 2.22. The molecule has 1 aliphatic rings. The van der Waals surface area contributed by atoms with E-state index >= 15 is 0 Å². The number of carbonyl (C=O) groups is 3. The standard InChI is InChI=1S/C19H19FN4O3/c1-19(12-11-13-7-3-2-4-8-13)16(25)24(18(27)22-19)23-17(26)21-15-10-6-5-9-14(15)20/h2-10H,11-12H2,1H3,(H,22,27)(H2,21,23,26). The zero-order chi connectivity index (χ0) is 19.4. The lowest BCUT2D eigenvalue weighted by atomic mass is 9.93. The van der Waals surface area contributed by atoms with Crippen LogP contribution in [-0.4, -0.2) is 28.5 Å². The molecule has 0 saturated carbocycles. The number of rotatable bonds is 5. The number of imide groups is 1. The average molecular weight is 370 g/mol. The van der Waals surface area contributed by atoms with Crippen LogP contribution in [0.5, 0.6) is 0 Å². The highest BCUT2D eigenvalue weighted by atomic mass is 19.1. The Balaban J connectivity index is 1.63. The normalized spacial score (nSPS) is 19.0. The van der Waals surface area contributed by atoms with E-state index < -0.39 is 29.3 Å². The van der Waals surface area contributed by atoms with E-state index in [-0.39, 0.29) is 5.69 Å². The van der Waals surface area contributed by atoms with Crippen molar-refractivity contribution >= 4 is 23.7 Å². The summed E-state index contributed by atoms with van der Waals surface area (Å²) in [5.74, 6) is -1.20. The number of hydrazine groups is 1. The number of carbonyl (C=O) groups excluding carboxylic acids is 3. The Kier molecular flexibility index (Phi) is 5.07. The maximum atomic E-state index is 13.6. The van der Waals surface area contributed by atoms with Crippen LogP contribution in [-0.2, 0) is 11.2 Å². The number of amides is 5. The first kappa shape index (κ1) is 18.4. The van der Waals surface area contributed by atoms with Crippen molar-refractivity contribution in [3.63, 3.8) is 0 Å². The number of hydrogen-bond donors (Lipinski definition) is 3. The summed E-state index contributed by atoms with van der Waals surface area (Å²) in [6, 6.07) is 13.5. The summed E-state index contributed by atoms with van der Waals surface area (Å²) in [5.41, 5.74) is 1.99. The van der Waals surface area contributed by atoms with Crippen molar-refractivity contribution in [1.29, 1.82) is 0 Å². The predicted octanol–water partition coefficient (Wildman–Crippen LogP) is 2.81. The quantitative estimate of drug-likeness (QED) is 0.707. The maximum Gasteiger partial charge on any atom is 0.344 e. The number of aryl methyl sites for hydroxylation is 1. The molecule has 0 bridgehead atoms. The van der Waals surface area contributed by atoms with Crippen molar-refractivity contribution in [3.05, 3.63) is 66.0 Å². The number of halogens is 1. The van der Waals surface area contributed by atoms with Gasteiger partial charge in [-0.2, -0.15) is 5.01 Å². The van der Waals surface area contributed by atoms with Crippen LogP contribution in [0.25, 0.3) is 0 Å². The summed E-state index contributed by atoms with van der Waals surface area (Å²) >= 11 is 0. The van der Waals surface area contributed by atoms with Crippen LogP contribution >= 0.6 is 0 Å². The molecule has 2 aromatic rings. The summed E-state index contributed by atoms with van der Waals surface area (Å²) < 4.78 is 13.6. The molecule has 1 aliphatic heterocycles. The zero-order valence-corrected chi connectivity index (χ0v) is 14.7. The molecule has 5 amide bonds. The smallest absolute Gasteiger partial charge is 0.322 e. The average Bonchev–Trinajstić information content (AvgIpc) is 2.86. The monoisotopic (exact) mass is 370 g/mol. The van der Waals surface area contributed by atoms with Gasteiger partial charge in [0, 0.05) is 0 Å². The summed E-state index contributed by atoms with van der Waals surface area (Å²) in [5, 5.41) is 5.48. The molecule has 1 atom stereocenters. The Morgan fingerprint density at radius 1 is 1.11 bits per heavy atom. The van der Waals surface area contributed by atoms with Crippen molar-refractivity contribution in [3.8, 4) is 0 Å². The Morgan fingerprint density at radius 2 is 1.78 bits per heavy atom. The molecular formula is C19H19FN4O3. The number of hydrogen-bond acceptors (Lipinski definition) is 3. The Labute approximate surface area is 155 Å². The molecule has 140 valence electrons. The summed E-state index contributed by atoms with van der Waals surface area (Å²) in [4.78, 5) is 36.8. The van der Waals surface area contributed by atoms with E-state index in [9.17, 15) is 18.8 Å². The molecule has 0 radical (unpaired) electrons. The number of nitrogens with one attached hydrogen (secondary N) is 3. The third-order valence-electron chi connectivity index (χ3n) is 4.35. The highest BCUT2D eigenvalue weighted by Gasteiger charge is 2.48. The van der Waals surface area contributed by atoms with Gasteiger partial charge >= 0.3 is 12.1 Å². The minimum absolute atomic E-state index is 0.0612. The maximum absolute atomic E-state index is 13.6. The lowest BCUT2D eigenvalue weighted by molar-refractivity contribution is -0.132. The number of benzene rings is 2. The largest absolute Gasteiger partial charge is 0.344 e. The zero-order valence-electron chi connectivity index (χ0n) is 14.7. The second-order valence-corrected chi connectivity index (χ2v) is 6.43. The van der Waals surface area contributed by atoms with Gasteiger partial charge < -0.3 is 10.6 Å². The van der Waals surface area contributed by atoms with Gasteiger partial charge in [-0.1, -0.05) is 42.5 Å². The van der Waals surface area contributed by atoms with Crippen LogP contribution < -0.4 is 16.1 Å². The van der Waals surface area contributed by atoms with E-state index in [0.717, 1.165) is 5.56 Å². The van der Waals surface area contributed by atoms with Crippen molar-refractivity contribution in [2.45, 2.75) is 25.3 Å². The Morgan fingerprint density at radius 3 is 2.48 bits per heavy atom. The fraction of sp³-hybridized carbons (Fsp3) is 0.211. The van der Waals surface area contributed by atoms with E-state index in [0.29, 0.717) is 17.9 Å². The van der Waals surface area contributed by atoms with Crippen LogP contribution in [0.3, 0.4) is 0 Å². The lowest BCUT2D eigenvalue weighted by Gasteiger charge is -2.21. The van der Waals surface area contributed by atoms with Gasteiger partial charge in [0.2, 0.25) is 0 Å². The minimum Gasteiger partial charge on any atom is -0.322 e. The van der Waals surface area contributed by atoms with Crippen molar-refractivity contribution in [2.24, 2.45) is 0 Å². The van der Waals surface area contributed by atoms with Crippen molar-refractivity contribution in [1.82, 2.24) is 15.8 Å². The molecule has 0 aromatic heterocycles. The molecule has 0 aliphatic carbocycles. The van der Waals surface area contributed by atoms with Gasteiger partial charge in [0.05, 0.1) is 5.69 Å². The van der Waals surface area contributed by atoms with Crippen LogP contribution in [0, 0.1) is 5.82 Å². The van der Waals surface area contributed by atoms with Gasteiger partial charge in [-0.15, -0.1) is 0 Å². The molecule has 1 unspecified atom stereocenters. The number of nitrogens with zero attached hydrogens (tertiary/aromatic N) is 1. The fourth-order valence-corrected chi connectivity index (χ4v) is 2.81. The van der Waals surface area contributed by atoms with Gasteiger partial charge in [-0.3, -0.25) is 4.79 Å². The first-order chi connectivity index (χ1) is 12.9. The van der Waals surface area contributed by atoms with Gasteiger partial charge in [0.15, 0.2) is 0 Å². The van der Waals surface area contributed by atoms with Crippen molar-refractivity contribution < 1.29 is 18.8 Å². The van der Waals surface area contributed by atoms with Crippen LogP contribution in [0.1, 0.15) is 18.9 Å². The summed E-state index contributed by atoms with van der Waals surface area (Å²) in [6.45, 7) is 1.60. The van der Waals surface area contributed by atoms with Crippen molar-refractivity contribution in [2.75, 3.05) is 5.32 Å². The first-order valence-electron chi connectivity index (χ1n) is 8.42. The topological polar surface area (TPSA) is 90.5 Å². The number of anilines is 1. The molecule has 3 rings (SSSR count). The van der Waals surface area contributed by atoms with E-state index in [4.69, 9.17) is 0 Å². The number of urea groups is 2. The van der Waals surface area contributed by atoms with Crippen LogP contribution in [0.4, 0.5) is 19.7 Å². The van der Waals surface area contributed by atoms with E-state index in [1.807, 2.05) is 30.3 Å². The molecule has 1 saturated heterocycles. The fourth-order valence-electron chi connectivity index (χ4n) is 2.81. The molecule has 27 heavy (non-hydrogen) atoms. The van der Waals surface area contributed by atoms with E-state index in [1.54, 1.807) is 13.0 Å². The molecule has 2 aromatic carbocycles. The molecular weight excluding hydrogens is 351 g/mol. The van der Waals surface area contributed by atoms with Crippen LogP contribution in [0.15, 0.2) is 54.6 Å².